The molecule has 0 fully saturated rings. The Morgan fingerprint density at radius 1 is 1.10 bits per heavy atom. The molecule has 0 saturated heterocycles. The maximum absolute atomic E-state index is 12.9. The molecule has 1 unspecified atom stereocenters. The van der Waals surface area contributed by atoms with Crippen molar-refractivity contribution in [2.75, 3.05) is 18.5 Å². The highest BCUT2D eigenvalue weighted by Gasteiger charge is 2.10. The number of ether oxygens (including phenoxy) is 1. The van der Waals surface area contributed by atoms with Crippen molar-refractivity contribution >= 4 is 5.69 Å². The summed E-state index contributed by atoms with van der Waals surface area (Å²) in [7, 11) is 0. The molecule has 0 aliphatic carbocycles. The van der Waals surface area contributed by atoms with Gasteiger partial charge in [-0.15, -0.1) is 0 Å². The quantitative estimate of drug-likeness (QED) is 0.849. The minimum atomic E-state index is -0.280. The molecule has 4 heteroatoms. The molecule has 2 aromatic rings. The molecule has 2 N–H and O–H groups in total. The van der Waals surface area contributed by atoms with Gasteiger partial charge < -0.3 is 15.2 Å². The Morgan fingerprint density at radius 3 is 2.30 bits per heavy atom. The van der Waals surface area contributed by atoms with Crippen molar-refractivity contribution < 1.29 is 14.2 Å². The molecular formula is C16H18FNO2. The molecule has 0 saturated carbocycles. The van der Waals surface area contributed by atoms with E-state index < -0.39 is 0 Å². The highest BCUT2D eigenvalue weighted by Crippen LogP contribution is 2.22. The molecule has 0 aromatic heterocycles. The van der Waals surface area contributed by atoms with Crippen LogP contribution >= 0.6 is 0 Å². The van der Waals surface area contributed by atoms with E-state index in [0.29, 0.717) is 6.61 Å². The van der Waals surface area contributed by atoms with E-state index in [1.165, 1.54) is 12.1 Å². The van der Waals surface area contributed by atoms with E-state index in [9.17, 15) is 9.50 Å². The van der Waals surface area contributed by atoms with E-state index in [4.69, 9.17) is 4.74 Å². The lowest BCUT2D eigenvalue weighted by Crippen LogP contribution is -2.14. The van der Waals surface area contributed by atoms with E-state index in [0.717, 1.165) is 17.0 Å². The zero-order valence-electron chi connectivity index (χ0n) is 11.3. The highest BCUT2D eigenvalue weighted by atomic mass is 19.1. The maximum atomic E-state index is 12.9. The summed E-state index contributed by atoms with van der Waals surface area (Å²) in [5.74, 6) is 0.520. The Morgan fingerprint density at radius 2 is 1.75 bits per heavy atom. The van der Waals surface area contributed by atoms with Crippen LogP contribution in [0.25, 0.3) is 0 Å². The van der Waals surface area contributed by atoms with Gasteiger partial charge in [0.15, 0.2) is 0 Å². The number of aliphatic hydroxyl groups excluding tert-OH is 1. The number of hydrogen-bond acceptors (Lipinski definition) is 3. The number of aliphatic hydroxyl groups is 1. The second-order valence-corrected chi connectivity index (χ2v) is 4.39. The first-order valence-corrected chi connectivity index (χ1v) is 6.58. The molecule has 20 heavy (non-hydrogen) atoms. The lowest BCUT2D eigenvalue weighted by atomic mass is 10.1. The molecule has 2 aromatic carbocycles. The Balaban J connectivity index is 2.09. The first-order chi connectivity index (χ1) is 9.72. The van der Waals surface area contributed by atoms with Gasteiger partial charge >= 0.3 is 0 Å². The van der Waals surface area contributed by atoms with Crippen LogP contribution in [0.2, 0.25) is 0 Å². The normalized spacial score (nSPS) is 11.9. The second-order valence-electron chi connectivity index (χ2n) is 4.39. The molecule has 0 amide bonds. The topological polar surface area (TPSA) is 41.5 Å². The molecule has 0 radical (unpaired) electrons. The zero-order valence-corrected chi connectivity index (χ0v) is 11.3. The third kappa shape index (κ3) is 3.71. The minimum absolute atomic E-state index is 0.0502. The Hall–Kier alpha value is -2.07. The first-order valence-electron chi connectivity index (χ1n) is 6.58. The van der Waals surface area contributed by atoms with Gasteiger partial charge in [0.25, 0.3) is 0 Å². The molecule has 1 atom stereocenters. The molecule has 2 rings (SSSR count). The molecule has 0 aliphatic rings. The van der Waals surface area contributed by atoms with Crippen LogP contribution in [-0.4, -0.2) is 18.3 Å². The lowest BCUT2D eigenvalue weighted by Gasteiger charge is -2.18. The van der Waals surface area contributed by atoms with Crippen LogP contribution in [0.15, 0.2) is 48.5 Å². The molecule has 0 heterocycles. The Labute approximate surface area is 118 Å². The monoisotopic (exact) mass is 275 g/mol. The highest BCUT2D eigenvalue weighted by molar-refractivity contribution is 5.46. The van der Waals surface area contributed by atoms with Gasteiger partial charge in [0, 0.05) is 5.69 Å². The van der Waals surface area contributed by atoms with Gasteiger partial charge in [-0.1, -0.05) is 12.1 Å². The number of benzene rings is 2. The zero-order chi connectivity index (χ0) is 14.4. The van der Waals surface area contributed by atoms with Gasteiger partial charge in [0.1, 0.15) is 11.6 Å². The number of halogens is 1. The maximum Gasteiger partial charge on any atom is 0.123 e. The molecule has 3 nitrogen and oxygen atoms in total. The van der Waals surface area contributed by atoms with E-state index in [-0.39, 0.29) is 18.5 Å². The fourth-order valence-electron chi connectivity index (χ4n) is 1.94. The van der Waals surface area contributed by atoms with E-state index in [2.05, 4.69) is 5.32 Å². The summed E-state index contributed by atoms with van der Waals surface area (Å²) in [6.45, 7) is 2.50. The van der Waals surface area contributed by atoms with Crippen molar-refractivity contribution in [3.8, 4) is 5.75 Å². The fourth-order valence-corrected chi connectivity index (χ4v) is 1.94. The smallest absolute Gasteiger partial charge is 0.123 e. The molecule has 106 valence electrons. The van der Waals surface area contributed by atoms with Gasteiger partial charge in [0.05, 0.1) is 19.3 Å². The summed E-state index contributed by atoms with van der Waals surface area (Å²) in [6, 6.07) is 13.4. The first kappa shape index (κ1) is 14.3. The Bertz CT molecular complexity index is 525. The predicted octanol–water partition coefficient (Wildman–Crippen LogP) is 3.37. The molecule has 0 aliphatic heterocycles. The van der Waals surface area contributed by atoms with Gasteiger partial charge in [-0.2, -0.15) is 0 Å². The standard InChI is InChI=1S/C16H18FNO2/c1-2-20-15-9-3-12(4-10-15)16(11-19)18-14-7-5-13(17)6-8-14/h3-10,16,18-19H,2,11H2,1H3. The summed E-state index contributed by atoms with van der Waals surface area (Å²) in [5.41, 5.74) is 1.71. The summed E-state index contributed by atoms with van der Waals surface area (Å²) < 4.78 is 18.2. The van der Waals surface area contributed by atoms with E-state index >= 15 is 0 Å². The number of rotatable bonds is 6. The van der Waals surface area contributed by atoms with E-state index in [1.54, 1.807) is 12.1 Å². The van der Waals surface area contributed by atoms with Crippen molar-refractivity contribution in [1.29, 1.82) is 0 Å². The summed E-state index contributed by atoms with van der Waals surface area (Å²) in [6.07, 6.45) is 0. The molecule has 0 spiro atoms. The van der Waals surface area contributed by atoms with Crippen LogP contribution in [0.5, 0.6) is 5.75 Å². The van der Waals surface area contributed by atoms with Crippen molar-refractivity contribution in [2.45, 2.75) is 13.0 Å². The largest absolute Gasteiger partial charge is 0.494 e. The third-order valence-electron chi connectivity index (χ3n) is 2.96. The van der Waals surface area contributed by atoms with Gasteiger partial charge in [-0.3, -0.25) is 0 Å². The summed E-state index contributed by atoms with van der Waals surface area (Å²) in [5, 5.41) is 12.7. The van der Waals surface area contributed by atoms with Crippen LogP contribution in [-0.2, 0) is 0 Å². The van der Waals surface area contributed by atoms with Crippen molar-refractivity contribution in [2.24, 2.45) is 0 Å². The fraction of sp³-hybridized carbons (Fsp3) is 0.250. The van der Waals surface area contributed by atoms with Crippen LogP contribution in [0.3, 0.4) is 0 Å². The van der Waals surface area contributed by atoms with Gasteiger partial charge in [0.2, 0.25) is 0 Å². The van der Waals surface area contributed by atoms with Crippen molar-refractivity contribution in [1.82, 2.24) is 0 Å². The van der Waals surface area contributed by atoms with Gasteiger partial charge in [-0.25, -0.2) is 4.39 Å². The average Bonchev–Trinajstić information content (AvgIpc) is 2.48. The predicted molar refractivity (Wildman–Crippen MR) is 77.5 cm³/mol. The lowest BCUT2D eigenvalue weighted by molar-refractivity contribution is 0.276. The third-order valence-corrected chi connectivity index (χ3v) is 2.96. The van der Waals surface area contributed by atoms with Gasteiger partial charge in [-0.05, 0) is 48.9 Å². The Kier molecular flexibility index (Phi) is 4.96. The SMILES string of the molecule is CCOc1ccc(C(CO)Nc2ccc(F)cc2)cc1. The number of hydrogen-bond donors (Lipinski definition) is 2. The van der Waals surface area contributed by atoms with Crippen LogP contribution in [0.1, 0.15) is 18.5 Å². The minimum Gasteiger partial charge on any atom is -0.494 e. The molecule has 0 bridgehead atoms. The second kappa shape index (κ2) is 6.91. The summed E-state index contributed by atoms with van der Waals surface area (Å²) in [4.78, 5) is 0. The number of nitrogens with one attached hydrogen (secondary N) is 1. The van der Waals surface area contributed by atoms with Crippen LogP contribution < -0.4 is 10.1 Å². The van der Waals surface area contributed by atoms with Crippen LogP contribution in [0.4, 0.5) is 10.1 Å². The number of anilines is 1. The van der Waals surface area contributed by atoms with E-state index in [1.807, 2.05) is 31.2 Å². The van der Waals surface area contributed by atoms with Crippen molar-refractivity contribution in [3.05, 3.63) is 59.9 Å². The molecular weight excluding hydrogens is 257 g/mol. The summed E-state index contributed by atoms with van der Waals surface area (Å²) >= 11 is 0. The average molecular weight is 275 g/mol. The van der Waals surface area contributed by atoms with Crippen LogP contribution in [0, 0.1) is 5.82 Å². The van der Waals surface area contributed by atoms with Crippen molar-refractivity contribution in [3.63, 3.8) is 0 Å².